The van der Waals surface area contributed by atoms with Crippen LogP contribution in [-0.2, 0) is 6.54 Å². The molecule has 6 nitrogen and oxygen atoms in total. The van der Waals surface area contributed by atoms with Crippen molar-refractivity contribution in [2.75, 3.05) is 7.11 Å². The molecular weight excluding hydrogens is 366 g/mol. The summed E-state index contributed by atoms with van der Waals surface area (Å²) in [6.07, 6.45) is 3.15. The van der Waals surface area contributed by atoms with Crippen molar-refractivity contribution in [1.82, 2.24) is 5.32 Å². The minimum atomic E-state index is -0.396. The molecular formula is C17H16ClNO5S. The van der Waals surface area contributed by atoms with Gasteiger partial charge in [-0.05, 0) is 41.5 Å². The molecule has 0 saturated carbocycles. The Kier molecular flexibility index (Phi) is 5.95. The van der Waals surface area contributed by atoms with E-state index in [4.69, 9.17) is 28.6 Å². The largest absolute Gasteiger partial charge is 0.504 e. The minimum Gasteiger partial charge on any atom is -0.504 e. The maximum Gasteiger partial charge on any atom is 0.202 e. The molecule has 0 aliphatic rings. The Bertz CT molecular complexity index is 815. The van der Waals surface area contributed by atoms with Gasteiger partial charge in [-0.2, -0.15) is 0 Å². The maximum absolute atomic E-state index is 9.75. The summed E-state index contributed by atoms with van der Waals surface area (Å²) in [5.41, 5.74) is 1.09. The number of methoxy groups -OCH3 is 1. The number of thiocarbonyl (C=S) groups is 1. The molecule has 5 N–H and O–H groups in total. The maximum atomic E-state index is 9.75. The smallest absolute Gasteiger partial charge is 0.202 e. The standard InChI is InChI=1S/C17H16ClNO5S/c1-24-17-12(21)6-9(7-13(17)22)8-19-14(25)5-3-10-2-4-11(20)16(23)15(10)18/h2-7,20-23H,8H2,1H3,(H,19,25)/b5-3+. The summed E-state index contributed by atoms with van der Waals surface area (Å²) >= 11 is 11.1. The lowest BCUT2D eigenvalue weighted by atomic mass is 10.1. The Labute approximate surface area is 154 Å². The topological polar surface area (TPSA) is 102 Å². The molecule has 132 valence electrons. The lowest BCUT2D eigenvalue weighted by molar-refractivity contribution is 0.344. The first-order valence-electron chi connectivity index (χ1n) is 7.08. The van der Waals surface area contributed by atoms with Crippen LogP contribution in [0, 0.1) is 0 Å². The van der Waals surface area contributed by atoms with Crippen LogP contribution in [-0.4, -0.2) is 32.5 Å². The summed E-state index contributed by atoms with van der Waals surface area (Å²) in [5.74, 6) is -1.04. The fraction of sp³-hybridized carbons (Fsp3) is 0.118. The lowest BCUT2D eigenvalue weighted by Crippen LogP contribution is -2.18. The van der Waals surface area contributed by atoms with Crippen molar-refractivity contribution >= 4 is 34.9 Å². The molecule has 0 atom stereocenters. The monoisotopic (exact) mass is 381 g/mol. The molecule has 0 heterocycles. The molecule has 0 unspecified atom stereocenters. The molecule has 0 amide bonds. The third-order valence-corrected chi connectivity index (χ3v) is 4.00. The highest BCUT2D eigenvalue weighted by Gasteiger charge is 2.10. The van der Waals surface area contributed by atoms with Gasteiger partial charge in [0.2, 0.25) is 5.75 Å². The van der Waals surface area contributed by atoms with Crippen LogP contribution < -0.4 is 10.1 Å². The second-order valence-electron chi connectivity index (χ2n) is 5.05. The zero-order valence-electron chi connectivity index (χ0n) is 13.2. The molecule has 8 heteroatoms. The molecule has 0 aliphatic heterocycles. The number of hydrogen-bond acceptors (Lipinski definition) is 6. The van der Waals surface area contributed by atoms with E-state index in [1.807, 2.05) is 0 Å². The number of phenols is 4. The van der Waals surface area contributed by atoms with E-state index >= 15 is 0 Å². The Morgan fingerprint density at radius 1 is 1.16 bits per heavy atom. The van der Waals surface area contributed by atoms with Crippen LogP contribution in [0.2, 0.25) is 5.02 Å². The molecule has 0 bridgehead atoms. The summed E-state index contributed by atoms with van der Waals surface area (Å²) in [4.78, 5) is 0.374. The number of rotatable bonds is 5. The summed E-state index contributed by atoms with van der Waals surface area (Å²) in [5, 5.41) is 41.4. The molecule has 2 rings (SSSR count). The molecule has 2 aromatic carbocycles. The van der Waals surface area contributed by atoms with Crippen LogP contribution in [0.4, 0.5) is 0 Å². The molecule has 0 aromatic heterocycles. The SMILES string of the molecule is COc1c(O)cc(CNC(=S)/C=C/c2ccc(O)c(O)c2Cl)cc1O. The van der Waals surface area contributed by atoms with E-state index in [1.54, 1.807) is 12.2 Å². The molecule has 0 fully saturated rings. The molecule has 0 radical (unpaired) electrons. The summed E-state index contributed by atoms with van der Waals surface area (Å²) in [7, 11) is 1.35. The zero-order chi connectivity index (χ0) is 18.6. The number of aromatic hydroxyl groups is 4. The van der Waals surface area contributed by atoms with Gasteiger partial charge in [-0.15, -0.1) is 0 Å². The highest BCUT2D eigenvalue weighted by molar-refractivity contribution is 7.80. The molecule has 0 saturated heterocycles. The Hall–Kier alpha value is -2.64. The van der Waals surface area contributed by atoms with Crippen LogP contribution in [0.3, 0.4) is 0 Å². The highest BCUT2D eigenvalue weighted by atomic mass is 35.5. The second kappa shape index (κ2) is 7.96. The van der Waals surface area contributed by atoms with Gasteiger partial charge in [0, 0.05) is 6.54 Å². The Balaban J connectivity index is 2.03. The third-order valence-electron chi connectivity index (χ3n) is 3.32. The first-order chi connectivity index (χ1) is 11.8. The Morgan fingerprint density at radius 2 is 1.80 bits per heavy atom. The van der Waals surface area contributed by atoms with E-state index in [-0.39, 0.29) is 34.6 Å². The molecule has 0 spiro atoms. The Morgan fingerprint density at radius 3 is 2.40 bits per heavy atom. The van der Waals surface area contributed by atoms with E-state index < -0.39 is 5.75 Å². The molecule has 2 aromatic rings. The van der Waals surface area contributed by atoms with Gasteiger partial charge in [0.15, 0.2) is 23.0 Å². The highest BCUT2D eigenvalue weighted by Crippen LogP contribution is 2.37. The van der Waals surface area contributed by atoms with Gasteiger partial charge in [0.25, 0.3) is 0 Å². The van der Waals surface area contributed by atoms with Crippen molar-refractivity contribution in [1.29, 1.82) is 0 Å². The van der Waals surface area contributed by atoms with E-state index in [0.29, 0.717) is 16.1 Å². The van der Waals surface area contributed by atoms with Crippen molar-refractivity contribution in [3.05, 3.63) is 46.5 Å². The first-order valence-corrected chi connectivity index (χ1v) is 7.87. The van der Waals surface area contributed by atoms with E-state index in [1.165, 1.54) is 31.4 Å². The number of benzene rings is 2. The van der Waals surface area contributed by atoms with Crippen LogP contribution in [0.15, 0.2) is 30.3 Å². The van der Waals surface area contributed by atoms with Gasteiger partial charge >= 0.3 is 0 Å². The lowest BCUT2D eigenvalue weighted by Gasteiger charge is -2.10. The van der Waals surface area contributed by atoms with Gasteiger partial charge in [-0.1, -0.05) is 29.9 Å². The summed E-state index contributed by atoms with van der Waals surface area (Å²) in [6, 6.07) is 5.76. The van der Waals surface area contributed by atoms with Gasteiger partial charge in [0.1, 0.15) is 0 Å². The minimum absolute atomic E-state index is 0.00741. The quantitative estimate of drug-likeness (QED) is 0.307. The number of hydrogen-bond donors (Lipinski definition) is 5. The normalized spacial score (nSPS) is 10.8. The van der Waals surface area contributed by atoms with E-state index in [9.17, 15) is 20.4 Å². The number of ether oxygens (including phenoxy) is 1. The predicted molar refractivity (Wildman–Crippen MR) is 99.6 cm³/mol. The van der Waals surface area contributed by atoms with Gasteiger partial charge < -0.3 is 30.5 Å². The number of halogens is 1. The van der Waals surface area contributed by atoms with Gasteiger partial charge in [0.05, 0.1) is 17.1 Å². The molecule has 25 heavy (non-hydrogen) atoms. The van der Waals surface area contributed by atoms with Crippen LogP contribution >= 0.6 is 23.8 Å². The van der Waals surface area contributed by atoms with Crippen molar-refractivity contribution in [3.63, 3.8) is 0 Å². The second-order valence-corrected chi connectivity index (χ2v) is 5.87. The fourth-order valence-corrected chi connectivity index (χ4v) is 2.44. The van der Waals surface area contributed by atoms with Gasteiger partial charge in [-0.3, -0.25) is 0 Å². The van der Waals surface area contributed by atoms with Crippen LogP contribution in [0.25, 0.3) is 6.08 Å². The van der Waals surface area contributed by atoms with Crippen molar-refractivity contribution < 1.29 is 25.2 Å². The summed E-state index contributed by atoms with van der Waals surface area (Å²) < 4.78 is 4.87. The van der Waals surface area contributed by atoms with Gasteiger partial charge in [-0.25, -0.2) is 0 Å². The summed E-state index contributed by atoms with van der Waals surface area (Å²) in [6.45, 7) is 0.267. The van der Waals surface area contributed by atoms with Crippen LogP contribution in [0.1, 0.15) is 11.1 Å². The first kappa shape index (κ1) is 18.7. The van der Waals surface area contributed by atoms with Crippen LogP contribution in [0.5, 0.6) is 28.7 Å². The third kappa shape index (κ3) is 4.46. The van der Waals surface area contributed by atoms with Crippen molar-refractivity contribution in [3.8, 4) is 28.7 Å². The average Bonchev–Trinajstić information content (AvgIpc) is 2.57. The van der Waals surface area contributed by atoms with Crippen molar-refractivity contribution in [2.45, 2.75) is 6.54 Å². The zero-order valence-corrected chi connectivity index (χ0v) is 14.7. The van der Waals surface area contributed by atoms with E-state index in [0.717, 1.165) is 0 Å². The fourth-order valence-electron chi connectivity index (χ4n) is 2.08. The number of phenolic OH excluding ortho intramolecular Hbond substituents is 4. The predicted octanol–water partition coefficient (Wildman–Crippen LogP) is 3.30. The van der Waals surface area contributed by atoms with E-state index in [2.05, 4.69) is 5.32 Å². The van der Waals surface area contributed by atoms with Crippen molar-refractivity contribution in [2.24, 2.45) is 0 Å². The number of nitrogens with one attached hydrogen (secondary N) is 1. The molecule has 0 aliphatic carbocycles. The average molecular weight is 382 g/mol.